The van der Waals surface area contributed by atoms with E-state index in [1.165, 1.54) is 15.9 Å². The van der Waals surface area contributed by atoms with E-state index in [1.54, 1.807) is 51.3 Å². The van der Waals surface area contributed by atoms with Gasteiger partial charge in [-0.05, 0) is 116 Å². The fourth-order valence-electron chi connectivity index (χ4n) is 5.27. The lowest BCUT2D eigenvalue weighted by Gasteiger charge is -2.25. The summed E-state index contributed by atoms with van der Waals surface area (Å²) in [5, 5.41) is 0.347. The zero-order valence-corrected chi connectivity index (χ0v) is 31.2. The van der Waals surface area contributed by atoms with E-state index in [9.17, 15) is 9.59 Å². The lowest BCUT2D eigenvalue weighted by atomic mass is 9.95. The van der Waals surface area contributed by atoms with Gasteiger partial charge in [-0.1, -0.05) is 41.1 Å². The maximum absolute atomic E-state index is 14.2. The van der Waals surface area contributed by atoms with Gasteiger partial charge in [-0.15, -0.1) is 0 Å². The van der Waals surface area contributed by atoms with E-state index in [0.717, 1.165) is 9.13 Å². The minimum Gasteiger partial charge on any atom is -0.493 e. The number of aromatic nitrogens is 1. The molecule has 0 amide bonds. The van der Waals surface area contributed by atoms with Crippen LogP contribution in [0.4, 0.5) is 0 Å². The van der Waals surface area contributed by atoms with E-state index in [2.05, 4.69) is 27.6 Å². The monoisotopic (exact) mass is 802 g/mol. The van der Waals surface area contributed by atoms with Gasteiger partial charge in [0.1, 0.15) is 6.61 Å². The number of carbonyl (C=O) groups is 1. The molecule has 0 radical (unpaired) electrons. The topological polar surface area (TPSA) is 97.6 Å². The van der Waals surface area contributed by atoms with Crippen molar-refractivity contribution < 1.29 is 28.5 Å². The van der Waals surface area contributed by atoms with Crippen LogP contribution in [0.15, 0.2) is 75.7 Å². The quantitative estimate of drug-likeness (QED) is 0.115. The maximum atomic E-state index is 14.2. The van der Waals surface area contributed by atoms with Gasteiger partial charge >= 0.3 is 5.97 Å². The van der Waals surface area contributed by atoms with Gasteiger partial charge in [0.2, 0.25) is 0 Å². The van der Waals surface area contributed by atoms with Crippen molar-refractivity contribution in [2.45, 2.75) is 53.4 Å². The number of hydrogen-bond donors (Lipinski definition) is 0. The highest BCUT2D eigenvalue weighted by Gasteiger charge is 2.34. The lowest BCUT2D eigenvalue weighted by Crippen LogP contribution is -2.40. The van der Waals surface area contributed by atoms with Crippen molar-refractivity contribution in [3.63, 3.8) is 0 Å². The first kappa shape index (κ1) is 35.5. The Hall–Kier alpha value is -3.81. The summed E-state index contributed by atoms with van der Waals surface area (Å²) in [6.45, 7) is 10.1. The molecule has 0 unspecified atom stereocenters. The van der Waals surface area contributed by atoms with Crippen LogP contribution in [-0.2, 0) is 16.1 Å². The second-order valence-electron chi connectivity index (χ2n) is 11.1. The van der Waals surface area contributed by atoms with E-state index in [1.807, 2.05) is 51.1 Å². The molecule has 252 valence electrons. The molecule has 0 saturated carbocycles. The Labute approximate surface area is 301 Å². The summed E-state index contributed by atoms with van der Waals surface area (Å²) in [6.07, 6.45) is 1.66. The Morgan fingerprint density at radius 2 is 1.79 bits per heavy atom. The number of hydrogen-bond acceptors (Lipinski definition) is 9. The number of methoxy groups -OCH3 is 1. The normalized spacial score (nSPS) is 14.4. The number of fused-ring (bicyclic) bond motifs is 1. The summed E-state index contributed by atoms with van der Waals surface area (Å²) in [6, 6.07) is 16.1. The first-order chi connectivity index (χ1) is 23.0. The molecule has 5 rings (SSSR count). The second kappa shape index (κ2) is 15.6. The molecule has 1 aromatic heterocycles. The molecule has 1 aliphatic rings. The number of rotatable bonds is 12. The van der Waals surface area contributed by atoms with Crippen molar-refractivity contribution in [3.8, 4) is 23.0 Å². The first-order valence-corrected chi connectivity index (χ1v) is 17.7. The van der Waals surface area contributed by atoms with Crippen LogP contribution in [0.5, 0.6) is 23.0 Å². The Balaban J connectivity index is 1.60. The maximum Gasteiger partial charge on any atom is 0.338 e. The fraction of sp³-hybridized carbons (Fsp3) is 0.306. The number of nitrogens with zero attached hydrogens (tertiary/aromatic N) is 2. The molecular weight excluding hydrogens is 767 g/mol. The highest BCUT2D eigenvalue weighted by Crippen LogP contribution is 2.38. The Kier molecular flexibility index (Phi) is 11.5. The molecule has 0 N–H and O–H groups in total. The number of benzene rings is 3. The highest BCUT2D eigenvalue weighted by molar-refractivity contribution is 14.1. The number of allylic oxidation sites excluding steroid dienone is 1. The molecule has 1 aliphatic heterocycles. The SMILES string of the molecule is CCOC(=O)C1=C(C)N=c2s/c(=C\c3cc(Cl)c(OCc4ccc(I)cc4)c(OCC)c3)c(=O)n2[C@@H]1c1ccc(OC(C)C)c(OC)c1. The second-order valence-corrected chi connectivity index (χ2v) is 13.7. The molecule has 12 heteroatoms. The largest absolute Gasteiger partial charge is 0.493 e. The van der Waals surface area contributed by atoms with Crippen LogP contribution >= 0.6 is 45.5 Å². The molecular formula is C36H36ClIN2O7S. The number of halogens is 2. The zero-order chi connectivity index (χ0) is 34.5. The van der Waals surface area contributed by atoms with Gasteiger partial charge in [-0.3, -0.25) is 9.36 Å². The molecule has 9 nitrogen and oxygen atoms in total. The third kappa shape index (κ3) is 7.74. The molecule has 2 heterocycles. The van der Waals surface area contributed by atoms with Gasteiger partial charge in [0.05, 0.1) is 53.3 Å². The number of thiazole rings is 1. The average Bonchev–Trinajstić information content (AvgIpc) is 3.34. The summed E-state index contributed by atoms with van der Waals surface area (Å²) >= 11 is 10.2. The Bertz CT molecular complexity index is 2040. The first-order valence-electron chi connectivity index (χ1n) is 15.4. The summed E-state index contributed by atoms with van der Waals surface area (Å²) in [4.78, 5) is 32.7. The lowest BCUT2D eigenvalue weighted by molar-refractivity contribution is -0.139. The minimum absolute atomic E-state index is 0.0787. The summed E-state index contributed by atoms with van der Waals surface area (Å²) in [5.74, 6) is 1.36. The predicted octanol–water partition coefficient (Wildman–Crippen LogP) is 6.83. The summed E-state index contributed by atoms with van der Waals surface area (Å²) < 4.78 is 32.1. The number of ether oxygens (including phenoxy) is 5. The third-order valence-electron chi connectivity index (χ3n) is 7.31. The Morgan fingerprint density at radius 3 is 2.46 bits per heavy atom. The van der Waals surface area contributed by atoms with Crippen molar-refractivity contribution in [2.24, 2.45) is 4.99 Å². The minimum atomic E-state index is -0.816. The molecule has 4 aromatic rings. The highest BCUT2D eigenvalue weighted by atomic mass is 127. The van der Waals surface area contributed by atoms with Crippen LogP contribution in [0.2, 0.25) is 5.02 Å². The standard InChI is InChI=1S/C36H36ClIN2O7S/c1-7-44-29-16-23(15-26(37)33(29)46-19-22-9-12-25(38)13-10-22)17-30-34(41)40-32(24-11-14-27(47-20(3)4)28(18-24)43-6)31(35(42)45-8-2)21(5)39-36(40)48-30/h9-18,20,32H,7-8,19H2,1-6H3/b30-17-/t32-/m1/s1. The predicted molar refractivity (Wildman–Crippen MR) is 195 cm³/mol. The molecule has 0 fully saturated rings. The fourth-order valence-corrected chi connectivity index (χ4v) is 6.95. The van der Waals surface area contributed by atoms with E-state index < -0.39 is 12.0 Å². The van der Waals surface area contributed by atoms with E-state index >= 15 is 0 Å². The van der Waals surface area contributed by atoms with Gasteiger partial charge in [-0.25, -0.2) is 9.79 Å². The third-order valence-corrected chi connectivity index (χ3v) is 9.29. The molecule has 3 aromatic carbocycles. The molecule has 48 heavy (non-hydrogen) atoms. The van der Waals surface area contributed by atoms with Gasteiger partial charge in [0.15, 0.2) is 27.8 Å². The van der Waals surface area contributed by atoms with Crippen molar-refractivity contribution in [1.82, 2.24) is 4.57 Å². The van der Waals surface area contributed by atoms with Crippen molar-refractivity contribution in [1.29, 1.82) is 0 Å². The van der Waals surface area contributed by atoms with E-state index in [4.69, 9.17) is 35.3 Å². The van der Waals surface area contributed by atoms with Gasteiger partial charge in [-0.2, -0.15) is 0 Å². The summed E-state index contributed by atoms with van der Waals surface area (Å²) in [5.41, 5.74) is 2.68. The summed E-state index contributed by atoms with van der Waals surface area (Å²) in [7, 11) is 1.55. The van der Waals surface area contributed by atoms with E-state index in [0.29, 0.717) is 67.4 Å². The van der Waals surface area contributed by atoms with E-state index in [-0.39, 0.29) is 23.8 Å². The molecule has 0 bridgehead atoms. The average molecular weight is 803 g/mol. The molecule has 0 saturated heterocycles. The van der Waals surface area contributed by atoms with Crippen LogP contribution in [0.3, 0.4) is 0 Å². The Morgan fingerprint density at radius 1 is 1.04 bits per heavy atom. The van der Waals surface area contributed by atoms with Crippen LogP contribution in [-0.4, -0.2) is 37.0 Å². The zero-order valence-electron chi connectivity index (χ0n) is 27.5. The molecule has 0 aliphatic carbocycles. The van der Waals surface area contributed by atoms with Gasteiger partial charge in [0, 0.05) is 3.57 Å². The van der Waals surface area contributed by atoms with Crippen LogP contribution in [0.25, 0.3) is 6.08 Å². The van der Waals surface area contributed by atoms with Crippen LogP contribution in [0, 0.1) is 3.57 Å². The van der Waals surface area contributed by atoms with Crippen molar-refractivity contribution in [3.05, 3.63) is 111 Å². The van der Waals surface area contributed by atoms with Crippen LogP contribution in [0.1, 0.15) is 57.4 Å². The van der Waals surface area contributed by atoms with Crippen molar-refractivity contribution >= 4 is 57.6 Å². The van der Waals surface area contributed by atoms with Crippen molar-refractivity contribution in [2.75, 3.05) is 20.3 Å². The number of esters is 1. The van der Waals surface area contributed by atoms with Gasteiger partial charge < -0.3 is 23.7 Å². The number of carbonyl (C=O) groups excluding carboxylic acids is 1. The molecule has 0 spiro atoms. The van der Waals surface area contributed by atoms with Crippen LogP contribution < -0.4 is 33.8 Å². The smallest absolute Gasteiger partial charge is 0.338 e. The molecule has 1 atom stereocenters. The van der Waals surface area contributed by atoms with Gasteiger partial charge in [0.25, 0.3) is 5.56 Å².